The van der Waals surface area contributed by atoms with Crippen molar-refractivity contribution in [2.45, 2.75) is 16.5 Å². The van der Waals surface area contributed by atoms with Crippen molar-refractivity contribution in [2.24, 2.45) is 0 Å². The molecule has 0 aliphatic rings. The molecule has 0 aliphatic carbocycles. The first-order chi connectivity index (χ1) is 9.51. The van der Waals surface area contributed by atoms with Crippen LogP contribution in [0.15, 0.2) is 28.6 Å². The summed E-state index contributed by atoms with van der Waals surface area (Å²) in [7, 11) is 1.35. The molecule has 0 unspecified atom stereocenters. The fourth-order valence-corrected chi connectivity index (χ4v) is 3.95. The topological polar surface area (TPSA) is 44.1 Å². The molecule has 4 nitrogen and oxygen atoms in total. The molecule has 0 bridgehead atoms. The van der Waals surface area contributed by atoms with Gasteiger partial charge in [0.1, 0.15) is 11.1 Å². The van der Waals surface area contributed by atoms with Gasteiger partial charge in [0.15, 0.2) is 8.29 Å². The zero-order chi connectivity index (χ0) is 14.7. The Morgan fingerprint density at radius 2 is 2.15 bits per heavy atom. The first-order valence-corrected chi connectivity index (χ1v) is 7.72. The molecule has 0 amide bonds. The van der Waals surface area contributed by atoms with Gasteiger partial charge < -0.3 is 4.74 Å². The van der Waals surface area contributed by atoms with E-state index in [0.29, 0.717) is 14.0 Å². The van der Waals surface area contributed by atoms with Gasteiger partial charge in [-0.25, -0.2) is 9.07 Å². The third-order valence-corrected chi connectivity index (χ3v) is 4.81. The van der Waals surface area contributed by atoms with Crippen molar-refractivity contribution in [2.75, 3.05) is 7.11 Å². The van der Waals surface area contributed by atoms with Crippen LogP contribution in [-0.2, 0) is 9.53 Å². The van der Waals surface area contributed by atoms with Gasteiger partial charge in [-0.1, -0.05) is 23.1 Å². The van der Waals surface area contributed by atoms with E-state index in [4.69, 9.17) is 12.2 Å². The molecule has 0 saturated carbocycles. The van der Waals surface area contributed by atoms with Crippen molar-refractivity contribution in [3.8, 4) is 5.69 Å². The van der Waals surface area contributed by atoms with E-state index in [0.717, 1.165) is 0 Å². The summed E-state index contributed by atoms with van der Waals surface area (Å²) in [5.41, 5.74) is 0.685. The van der Waals surface area contributed by atoms with Gasteiger partial charge in [0, 0.05) is 0 Å². The third kappa shape index (κ3) is 3.44. The predicted molar refractivity (Wildman–Crippen MR) is 79.6 cm³/mol. The highest BCUT2D eigenvalue weighted by Gasteiger charge is 2.17. The van der Waals surface area contributed by atoms with Gasteiger partial charge in [-0.3, -0.25) is 4.79 Å². The van der Waals surface area contributed by atoms with Crippen molar-refractivity contribution in [1.82, 2.24) is 9.78 Å². The second-order valence-electron chi connectivity index (χ2n) is 3.81. The lowest BCUT2D eigenvalue weighted by Gasteiger charge is -2.05. The second-order valence-corrected chi connectivity index (χ2v) is 7.02. The maximum atomic E-state index is 12.9. The summed E-state index contributed by atoms with van der Waals surface area (Å²) >= 11 is 7.81. The van der Waals surface area contributed by atoms with Gasteiger partial charge in [-0.05, 0) is 43.4 Å². The first kappa shape index (κ1) is 15.1. The molecule has 20 heavy (non-hydrogen) atoms. The van der Waals surface area contributed by atoms with E-state index in [-0.39, 0.29) is 17.0 Å². The lowest BCUT2D eigenvalue weighted by molar-refractivity contribution is -0.139. The van der Waals surface area contributed by atoms with Crippen molar-refractivity contribution in [1.29, 1.82) is 0 Å². The largest absolute Gasteiger partial charge is 0.468 e. The van der Waals surface area contributed by atoms with Crippen LogP contribution >= 0.6 is 35.3 Å². The Labute approximate surface area is 128 Å². The molecule has 2 rings (SSSR count). The minimum atomic E-state index is -0.359. The Morgan fingerprint density at radius 3 is 2.75 bits per heavy atom. The van der Waals surface area contributed by atoms with Gasteiger partial charge >= 0.3 is 5.97 Å². The van der Waals surface area contributed by atoms with E-state index < -0.39 is 0 Å². The fraction of sp³-hybridized carbons (Fsp3) is 0.250. The van der Waals surface area contributed by atoms with Gasteiger partial charge in [-0.15, -0.1) is 5.10 Å². The Hall–Kier alpha value is -1.25. The van der Waals surface area contributed by atoms with Crippen LogP contribution in [0.1, 0.15) is 6.92 Å². The number of hydrogen-bond donors (Lipinski definition) is 0. The number of carbonyl (C=O) groups excluding carboxylic acids is 1. The molecule has 0 spiro atoms. The van der Waals surface area contributed by atoms with Crippen LogP contribution in [0, 0.1) is 9.77 Å². The van der Waals surface area contributed by atoms with E-state index in [9.17, 15) is 9.18 Å². The summed E-state index contributed by atoms with van der Waals surface area (Å²) in [4.78, 5) is 11.4. The van der Waals surface area contributed by atoms with Crippen LogP contribution in [0.4, 0.5) is 4.39 Å². The average Bonchev–Trinajstić information content (AvgIpc) is 2.79. The van der Waals surface area contributed by atoms with Crippen LogP contribution in [0.5, 0.6) is 0 Å². The summed E-state index contributed by atoms with van der Waals surface area (Å²) in [6.07, 6.45) is 0. The highest BCUT2D eigenvalue weighted by molar-refractivity contribution is 8.02. The molecule has 1 heterocycles. The van der Waals surface area contributed by atoms with Crippen molar-refractivity contribution < 1.29 is 13.9 Å². The molecule has 1 atom stereocenters. The molecule has 2 aromatic rings. The number of ether oxygens (including phenoxy) is 1. The number of carbonyl (C=O) groups is 1. The third-order valence-electron chi connectivity index (χ3n) is 2.41. The van der Waals surface area contributed by atoms with E-state index in [1.165, 1.54) is 42.3 Å². The van der Waals surface area contributed by atoms with Gasteiger partial charge in [0.2, 0.25) is 0 Å². The summed E-state index contributed by atoms with van der Waals surface area (Å²) in [6.45, 7) is 1.74. The molecule has 0 radical (unpaired) electrons. The predicted octanol–water partition coefficient (Wildman–Crippen LogP) is 3.46. The van der Waals surface area contributed by atoms with E-state index in [1.54, 1.807) is 23.7 Å². The standard InChI is InChI=1S/C12H11FN2O2S3/c1-7(10(16)17-2)19-11-14-15(12(18)20-11)9-5-3-8(13)4-6-9/h3-7H,1-2H3/t7-/m0/s1. The Bertz CT molecular complexity index is 666. The zero-order valence-electron chi connectivity index (χ0n) is 10.7. The number of methoxy groups -OCH3 is 1. The molecule has 1 aromatic carbocycles. The smallest absolute Gasteiger partial charge is 0.318 e. The number of nitrogens with zero attached hydrogens (tertiary/aromatic N) is 2. The Morgan fingerprint density at radius 1 is 1.50 bits per heavy atom. The van der Waals surface area contributed by atoms with Crippen LogP contribution in [-0.4, -0.2) is 28.1 Å². The highest BCUT2D eigenvalue weighted by Crippen LogP contribution is 2.28. The summed E-state index contributed by atoms with van der Waals surface area (Å²) in [5, 5.41) is 3.97. The number of halogens is 1. The normalized spacial score (nSPS) is 12.2. The van der Waals surface area contributed by atoms with Gasteiger partial charge in [0.05, 0.1) is 12.8 Å². The second kappa shape index (κ2) is 6.47. The highest BCUT2D eigenvalue weighted by atomic mass is 32.2. The molecule has 0 N–H and O–H groups in total. The SMILES string of the molecule is COC(=O)[C@H](C)Sc1nn(-c2ccc(F)cc2)c(=S)s1. The van der Waals surface area contributed by atoms with Crippen LogP contribution in [0.25, 0.3) is 5.69 Å². The molecule has 8 heteroatoms. The molecule has 1 aromatic heterocycles. The van der Waals surface area contributed by atoms with E-state index in [1.807, 2.05) is 0 Å². The molecule has 106 valence electrons. The Balaban J connectivity index is 2.24. The summed E-state index contributed by atoms with van der Waals surface area (Å²) in [6, 6.07) is 5.90. The van der Waals surface area contributed by atoms with E-state index in [2.05, 4.69) is 9.84 Å². The average molecular weight is 330 g/mol. The van der Waals surface area contributed by atoms with Crippen molar-refractivity contribution >= 4 is 41.3 Å². The number of benzene rings is 1. The number of thioether (sulfide) groups is 1. The van der Waals surface area contributed by atoms with Crippen molar-refractivity contribution in [3.05, 3.63) is 34.0 Å². The zero-order valence-corrected chi connectivity index (χ0v) is 13.1. The Kier molecular flexibility index (Phi) is 4.90. The molecule has 0 saturated heterocycles. The van der Waals surface area contributed by atoms with Crippen molar-refractivity contribution in [3.63, 3.8) is 0 Å². The first-order valence-electron chi connectivity index (χ1n) is 5.62. The number of esters is 1. The molecular weight excluding hydrogens is 319 g/mol. The van der Waals surface area contributed by atoms with Crippen LogP contribution in [0.2, 0.25) is 0 Å². The quantitative estimate of drug-likeness (QED) is 0.488. The molecule has 0 fully saturated rings. The maximum absolute atomic E-state index is 12.9. The minimum Gasteiger partial charge on any atom is -0.468 e. The minimum absolute atomic E-state index is 0.315. The summed E-state index contributed by atoms with van der Waals surface area (Å²) < 4.78 is 20.3. The van der Waals surface area contributed by atoms with E-state index >= 15 is 0 Å². The maximum Gasteiger partial charge on any atom is 0.318 e. The van der Waals surface area contributed by atoms with Crippen LogP contribution < -0.4 is 0 Å². The monoisotopic (exact) mass is 330 g/mol. The number of aromatic nitrogens is 2. The van der Waals surface area contributed by atoms with Gasteiger partial charge in [-0.2, -0.15) is 0 Å². The number of rotatable bonds is 4. The molecule has 0 aliphatic heterocycles. The fourth-order valence-electron chi connectivity index (χ4n) is 1.42. The molecular formula is C12H11FN2O2S3. The van der Waals surface area contributed by atoms with Gasteiger partial charge in [0.25, 0.3) is 0 Å². The summed E-state index contributed by atoms with van der Waals surface area (Å²) in [5.74, 6) is -0.631. The lowest BCUT2D eigenvalue weighted by atomic mass is 10.3. The van der Waals surface area contributed by atoms with Crippen LogP contribution in [0.3, 0.4) is 0 Å². The lowest BCUT2D eigenvalue weighted by Crippen LogP contribution is -2.14. The number of hydrogen-bond acceptors (Lipinski definition) is 6.